The van der Waals surface area contributed by atoms with Crippen molar-refractivity contribution in [2.45, 2.75) is 13.1 Å². The van der Waals surface area contributed by atoms with Crippen LogP contribution < -0.4 is 5.32 Å². The molecule has 0 fully saturated rings. The number of halogens is 1. The smallest absolute Gasteiger partial charge is 0.234 e. The standard InChI is InChI=1S/C15H17BrN2OS/c1-18(9-14-7-13(16)11-20-14)10-15(19)17-8-12-5-3-2-4-6-12/h2-7,11H,8-10H2,1H3,(H,17,19). The van der Waals surface area contributed by atoms with E-state index in [0.29, 0.717) is 13.1 Å². The van der Waals surface area contributed by atoms with E-state index in [1.807, 2.05) is 42.3 Å². The Bertz CT molecular complexity index is 556. The van der Waals surface area contributed by atoms with E-state index in [0.717, 1.165) is 16.6 Å². The summed E-state index contributed by atoms with van der Waals surface area (Å²) in [5.74, 6) is 0.0481. The predicted octanol–water partition coefficient (Wildman–Crippen LogP) is 3.26. The van der Waals surface area contributed by atoms with Gasteiger partial charge in [-0.25, -0.2) is 0 Å². The quantitative estimate of drug-likeness (QED) is 0.865. The van der Waals surface area contributed by atoms with Gasteiger partial charge in [-0.2, -0.15) is 0 Å². The Kier molecular flexibility index (Phi) is 5.76. The number of likely N-dealkylation sites (N-methyl/N-ethyl adjacent to an activating group) is 1. The minimum absolute atomic E-state index is 0.0481. The molecule has 1 amide bonds. The van der Waals surface area contributed by atoms with Crippen molar-refractivity contribution < 1.29 is 4.79 Å². The summed E-state index contributed by atoms with van der Waals surface area (Å²) in [6, 6.07) is 12.0. The summed E-state index contributed by atoms with van der Waals surface area (Å²) in [7, 11) is 1.95. The van der Waals surface area contributed by atoms with E-state index in [1.165, 1.54) is 4.88 Å². The first-order chi connectivity index (χ1) is 9.63. The van der Waals surface area contributed by atoms with E-state index in [1.54, 1.807) is 11.3 Å². The fourth-order valence-corrected chi connectivity index (χ4v) is 3.39. The average Bonchev–Trinajstić information content (AvgIpc) is 2.83. The van der Waals surface area contributed by atoms with Crippen LogP contribution >= 0.6 is 27.3 Å². The highest BCUT2D eigenvalue weighted by Crippen LogP contribution is 2.20. The maximum Gasteiger partial charge on any atom is 0.234 e. The minimum Gasteiger partial charge on any atom is -0.351 e. The number of thiophene rings is 1. The second-order valence-electron chi connectivity index (χ2n) is 4.67. The number of rotatable bonds is 6. The van der Waals surface area contributed by atoms with Gasteiger partial charge in [0.2, 0.25) is 5.91 Å². The van der Waals surface area contributed by atoms with Crippen molar-refractivity contribution in [1.29, 1.82) is 0 Å². The third kappa shape index (κ3) is 5.07. The molecule has 0 saturated carbocycles. The van der Waals surface area contributed by atoms with Gasteiger partial charge in [-0.1, -0.05) is 30.3 Å². The number of nitrogens with one attached hydrogen (secondary N) is 1. The van der Waals surface area contributed by atoms with Gasteiger partial charge >= 0.3 is 0 Å². The Morgan fingerprint density at radius 1 is 1.35 bits per heavy atom. The van der Waals surface area contributed by atoms with Gasteiger partial charge in [0.1, 0.15) is 0 Å². The molecule has 0 atom stereocenters. The lowest BCUT2D eigenvalue weighted by Crippen LogP contribution is -2.34. The molecule has 1 aromatic heterocycles. The van der Waals surface area contributed by atoms with Gasteiger partial charge in [-0.3, -0.25) is 9.69 Å². The van der Waals surface area contributed by atoms with Crippen molar-refractivity contribution >= 4 is 33.2 Å². The Hall–Kier alpha value is -1.17. The molecule has 20 heavy (non-hydrogen) atoms. The normalized spacial score (nSPS) is 10.8. The van der Waals surface area contributed by atoms with Crippen molar-refractivity contribution in [2.24, 2.45) is 0 Å². The first-order valence-electron chi connectivity index (χ1n) is 6.35. The average molecular weight is 353 g/mol. The third-order valence-electron chi connectivity index (χ3n) is 2.79. The predicted molar refractivity (Wildman–Crippen MR) is 86.6 cm³/mol. The van der Waals surface area contributed by atoms with E-state index in [4.69, 9.17) is 0 Å². The fraction of sp³-hybridized carbons (Fsp3) is 0.267. The number of hydrogen-bond acceptors (Lipinski definition) is 3. The molecule has 0 bridgehead atoms. The van der Waals surface area contributed by atoms with E-state index < -0.39 is 0 Å². The van der Waals surface area contributed by atoms with Gasteiger partial charge in [0.05, 0.1) is 6.54 Å². The number of carbonyl (C=O) groups excluding carboxylic acids is 1. The number of benzene rings is 1. The molecule has 0 aliphatic rings. The van der Waals surface area contributed by atoms with E-state index in [9.17, 15) is 4.79 Å². The Morgan fingerprint density at radius 2 is 2.10 bits per heavy atom. The van der Waals surface area contributed by atoms with Crippen molar-refractivity contribution in [1.82, 2.24) is 10.2 Å². The lowest BCUT2D eigenvalue weighted by Gasteiger charge is -2.15. The molecule has 5 heteroatoms. The maximum atomic E-state index is 11.9. The molecule has 2 rings (SSSR count). The number of nitrogens with zero attached hydrogens (tertiary/aromatic N) is 1. The Labute approximate surface area is 131 Å². The Morgan fingerprint density at radius 3 is 2.75 bits per heavy atom. The zero-order valence-corrected chi connectivity index (χ0v) is 13.7. The summed E-state index contributed by atoms with van der Waals surface area (Å²) in [5.41, 5.74) is 1.12. The second-order valence-corrected chi connectivity index (χ2v) is 6.58. The molecule has 1 aromatic carbocycles. The molecule has 2 aromatic rings. The van der Waals surface area contributed by atoms with Crippen LogP contribution in [0, 0.1) is 0 Å². The van der Waals surface area contributed by atoms with E-state index in [2.05, 4.69) is 32.7 Å². The molecule has 0 saturated heterocycles. The largest absolute Gasteiger partial charge is 0.351 e. The number of amides is 1. The van der Waals surface area contributed by atoms with Crippen LogP contribution in [0.2, 0.25) is 0 Å². The van der Waals surface area contributed by atoms with Gasteiger partial charge in [-0.15, -0.1) is 11.3 Å². The van der Waals surface area contributed by atoms with Crippen LogP contribution in [-0.2, 0) is 17.9 Å². The molecule has 106 valence electrons. The maximum absolute atomic E-state index is 11.9. The van der Waals surface area contributed by atoms with Gasteiger partial charge in [0.25, 0.3) is 0 Å². The lowest BCUT2D eigenvalue weighted by atomic mass is 10.2. The molecule has 3 nitrogen and oxygen atoms in total. The zero-order chi connectivity index (χ0) is 14.4. The van der Waals surface area contributed by atoms with Crippen LogP contribution in [-0.4, -0.2) is 24.4 Å². The minimum atomic E-state index is 0.0481. The second kappa shape index (κ2) is 7.57. The molecular weight excluding hydrogens is 336 g/mol. The third-order valence-corrected chi connectivity index (χ3v) is 4.48. The van der Waals surface area contributed by atoms with Crippen LogP contribution in [0.4, 0.5) is 0 Å². The topological polar surface area (TPSA) is 32.3 Å². The molecule has 1 heterocycles. The molecule has 0 aliphatic carbocycles. The molecular formula is C15H17BrN2OS. The summed E-state index contributed by atoms with van der Waals surface area (Å²) < 4.78 is 1.10. The van der Waals surface area contributed by atoms with Crippen molar-refractivity contribution in [3.8, 4) is 0 Å². The van der Waals surface area contributed by atoms with Gasteiger partial charge < -0.3 is 5.32 Å². The summed E-state index contributed by atoms with van der Waals surface area (Å²) in [4.78, 5) is 15.1. The summed E-state index contributed by atoms with van der Waals surface area (Å²) in [5, 5.41) is 4.99. The van der Waals surface area contributed by atoms with Gasteiger partial charge in [0.15, 0.2) is 0 Å². The van der Waals surface area contributed by atoms with E-state index >= 15 is 0 Å². The zero-order valence-electron chi connectivity index (χ0n) is 11.3. The molecule has 0 unspecified atom stereocenters. The summed E-state index contributed by atoms with van der Waals surface area (Å²) in [6.45, 7) is 1.77. The Balaban J connectivity index is 1.73. The summed E-state index contributed by atoms with van der Waals surface area (Å²) >= 11 is 5.13. The first-order valence-corrected chi connectivity index (χ1v) is 8.03. The fourth-order valence-electron chi connectivity index (χ4n) is 1.86. The highest BCUT2D eigenvalue weighted by atomic mass is 79.9. The number of carbonyl (C=O) groups is 1. The highest BCUT2D eigenvalue weighted by Gasteiger charge is 2.08. The molecule has 0 aliphatic heterocycles. The SMILES string of the molecule is CN(CC(=O)NCc1ccccc1)Cc1cc(Br)cs1. The van der Waals surface area contributed by atoms with Crippen molar-refractivity contribution in [2.75, 3.05) is 13.6 Å². The summed E-state index contributed by atoms with van der Waals surface area (Å²) in [6.07, 6.45) is 0. The van der Waals surface area contributed by atoms with Crippen LogP contribution in [0.15, 0.2) is 46.3 Å². The van der Waals surface area contributed by atoms with Gasteiger partial charge in [-0.05, 0) is 34.6 Å². The van der Waals surface area contributed by atoms with Crippen LogP contribution in [0.25, 0.3) is 0 Å². The molecule has 0 spiro atoms. The lowest BCUT2D eigenvalue weighted by molar-refractivity contribution is -0.122. The molecule has 1 N–H and O–H groups in total. The van der Waals surface area contributed by atoms with Crippen LogP contribution in [0.3, 0.4) is 0 Å². The molecule has 0 radical (unpaired) electrons. The highest BCUT2D eigenvalue weighted by molar-refractivity contribution is 9.10. The monoisotopic (exact) mass is 352 g/mol. The van der Waals surface area contributed by atoms with E-state index in [-0.39, 0.29) is 5.91 Å². The number of hydrogen-bond donors (Lipinski definition) is 1. The first kappa shape index (κ1) is 15.2. The van der Waals surface area contributed by atoms with Crippen molar-refractivity contribution in [3.63, 3.8) is 0 Å². The van der Waals surface area contributed by atoms with Crippen molar-refractivity contribution in [3.05, 3.63) is 56.7 Å². The van der Waals surface area contributed by atoms with Crippen LogP contribution in [0.1, 0.15) is 10.4 Å². The van der Waals surface area contributed by atoms with Crippen LogP contribution in [0.5, 0.6) is 0 Å². The van der Waals surface area contributed by atoms with Gasteiger partial charge in [0, 0.05) is 27.8 Å².